The van der Waals surface area contributed by atoms with E-state index in [1.54, 1.807) is 0 Å². The average molecular weight is 338 g/mol. The zero-order valence-electron chi connectivity index (χ0n) is 14.5. The summed E-state index contributed by atoms with van der Waals surface area (Å²) in [4.78, 5) is 26.5. The summed E-state index contributed by atoms with van der Waals surface area (Å²) >= 11 is 0. The van der Waals surface area contributed by atoms with E-state index in [9.17, 15) is 14.0 Å². The molecule has 0 aromatic carbocycles. The van der Waals surface area contributed by atoms with Gasteiger partial charge in [-0.3, -0.25) is 14.6 Å². The Labute approximate surface area is 142 Å². The average Bonchev–Trinajstić information content (AvgIpc) is 2.55. The molecule has 1 aromatic heterocycles. The molecule has 0 saturated heterocycles. The van der Waals surface area contributed by atoms with Crippen molar-refractivity contribution >= 4 is 11.9 Å². The molecule has 2 N–H and O–H groups in total. The SMILES string of the molecule is CCCCCCC(CC)c1ncc(C(=O)NCCC(=O)O)cc1F. The summed E-state index contributed by atoms with van der Waals surface area (Å²) in [5, 5.41) is 11.0. The maximum absolute atomic E-state index is 14.3. The first-order chi connectivity index (χ1) is 11.5. The first kappa shape index (κ1) is 20.1. The molecule has 0 fully saturated rings. The lowest BCUT2D eigenvalue weighted by molar-refractivity contribution is -0.136. The number of carbonyl (C=O) groups excluding carboxylic acids is 1. The number of carboxylic acids is 1. The van der Waals surface area contributed by atoms with Crippen molar-refractivity contribution in [1.29, 1.82) is 0 Å². The molecule has 1 unspecified atom stereocenters. The molecule has 1 amide bonds. The van der Waals surface area contributed by atoms with Crippen molar-refractivity contribution in [3.63, 3.8) is 0 Å². The highest BCUT2D eigenvalue weighted by Gasteiger charge is 2.18. The quantitative estimate of drug-likeness (QED) is 0.600. The number of pyridine rings is 1. The summed E-state index contributed by atoms with van der Waals surface area (Å²) in [6.07, 6.45) is 7.42. The first-order valence-electron chi connectivity index (χ1n) is 8.65. The van der Waals surface area contributed by atoms with Crippen molar-refractivity contribution in [3.05, 3.63) is 29.3 Å². The second-order valence-electron chi connectivity index (χ2n) is 5.95. The Morgan fingerprint density at radius 3 is 2.62 bits per heavy atom. The third kappa shape index (κ3) is 6.64. The molecule has 0 aliphatic heterocycles. The lowest BCUT2D eigenvalue weighted by Gasteiger charge is -2.15. The van der Waals surface area contributed by atoms with Gasteiger partial charge in [0.05, 0.1) is 17.7 Å². The van der Waals surface area contributed by atoms with Crippen LogP contribution < -0.4 is 5.32 Å². The highest BCUT2D eigenvalue weighted by Crippen LogP contribution is 2.26. The number of carboxylic acid groups (broad SMARTS) is 1. The molecule has 134 valence electrons. The van der Waals surface area contributed by atoms with E-state index in [-0.39, 0.29) is 24.4 Å². The van der Waals surface area contributed by atoms with Gasteiger partial charge in [0.1, 0.15) is 5.82 Å². The molecule has 24 heavy (non-hydrogen) atoms. The van der Waals surface area contributed by atoms with Crippen LogP contribution in [0.1, 0.15) is 80.8 Å². The molecule has 0 aliphatic carbocycles. The lowest BCUT2D eigenvalue weighted by atomic mass is 9.94. The van der Waals surface area contributed by atoms with Crippen LogP contribution in [0, 0.1) is 5.82 Å². The molecule has 5 nitrogen and oxygen atoms in total. The molecule has 0 aliphatic rings. The summed E-state index contributed by atoms with van der Waals surface area (Å²) in [6, 6.07) is 1.19. The molecule has 1 heterocycles. The van der Waals surface area contributed by atoms with Crippen LogP contribution in [0.2, 0.25) is 0 Å². The summed E-state index contributed by atoms with van der Waals surface area (Å²) in [6.45, 7) is 4.17. The van der Waals surface area contributed by atoms with E-state index in [0.29, 0.717) is 5.69 Å². The molecule has 1 atom stereocenters. The van der Waals surface area contributed by atoms with E-state index >= 15 is 0 Å². The molecule has 0 saturated carbocycles. The molecule has 1 rings (SSSR count). The van der Waals surface area contributed by atoms with Crippen molar-refractivity contribution in [2.24, 2.45) is 0 Å². The van der Waals surface area contributed by atoms with Crippen molar-refractivity contribution < 1.29 is 19.1 Å². The Bertz CT molecular complexity index is 549. The smallest absolute Gasteiger partial charge is 0.305 e. The van der Waals surface area contributed by atoms with Crippen LogP contribution >= 0.6 is 0 Å². The van der Waals surface area contributed by atoms with E-state index in [2.05, 4.69) is 17.2 Å². The van der Waals surface area contributed by atoms with Gasteiger partial charge in [0, 0.05) is 18.7 Å². The number of hydrogen-bond donors (Lipinski definition) is 2. The Hall–Kier alpha value is -1.98. The highest BCUT2D eigenvalue weighted by atomic mass is 19.1. The van der Waals surface area contributed by atoms with Gasteiger partial charge in [-0.2, -0.15) is 0 Å². The molecule has 6 heteroatoms. The molecule has 0 bridgehead atoms. The molecule has 0 spiro atoms. The van der Waals surface area contributed by atoms with Crippen molar-refractivity contribution in [3.8, 4) is 0 Å². The van der Waals surface area contributed by atoms with E-state index in [1.807, 2.05) is 6.92 Å². The van der Waals surface area contributed by atoms with E-state index < -0.39 is 17.7 Å². The van der Waals surface area contributed by atoms with Crippen LogP contribution in [0.5, 0.6) is 0 Å². The normalized spacial score (nSPS) is 12.0. The molecule has 1 aromatic rings. The van der Waals surface area contributed by atoms with Gasteiger partial charge in [-0.25, -0.2) is 4.39 Å². The number of hydrogen-bond acceptors (Lipinski definition) is 3. The third-order valence-corrected chi connectivity index (χ3v) is 4.04. The van der Waals surface area contributed by atoms with E-state index in [1.165, 1.54) is 18.7 Å². The van der Waals surface area contributed by atoms with Gasteiger partial charge in [-0.1, -0.05) is 39.5 Å². The van der Waals surface area contributed by atoms with Crippen molar-refractivity contribution in [1.82, 2.24) is 10.3 Å². The van der Waals surface area contributed by atoms with Crippen LogP contribution in [0.4, 0.5) is 4.39 Å². The summed E-state index contributed by atoms with van der Waals surface area (Å²) in [5.74, 6) is -1.91. The zero-order chi connectivity index (χ0) is 17.9. The fraction of sp³-hybridized carbons (Fsp3) is 0.611. The third-order valence-electron chi connectivity index (χ3n) is 4.04. The number of nitrogens with zero attached hydrogens (tertiary/aromatic N) is 1. The van der Waals surface area contributed by atoms with Crippen LogP contribution in [-0.2, 0) is 4.79 Å². The van der Waals surface area contributed by atoms with Crippen LogP contribution in [0.25, 0.3) is 0 Å². The standard InChI is InChI=1S/C18H27FN2O3/c1-3-5-6-7-8-13(4-2)17-15(19)11-14(12-21-17)18(24)20-10-9-16(22)23/h11-13H,3-10H2,1-2H3,(H,20,24)(H,22,23). The van der Waals surface area contributed by atoms with Crippen molar-refractivity contribution in [2.45, 2.75) is 64.7 Å². The van der Waals surface area contributed by atoms with Gasteiger partial charge in [-0.15, -0.1) is 0 Å². The molecular formula is C18H27FN2O3. The summed E-state index contributed by atoms with van der Waals surface area (Å²) < 4.78 is 14.3. The van der Waals surface area contributed by atoms with E-state index in [4.69, 9.17) is 5.11 Å². The Kier molecular flexibility index (Phi) is 8.97. The largest absolute Gasteiger partial charge is 0.481 e. The molecular weight excluding hydrogens is 311 g/mol. The van der Waals surface area contributed by atoms with Gasteiger partial charge in [0.2, 0.25) is 0 Å². The number of nitrogens with one attached hydrogen (secondary N) is 1. The zero-order valence-corrected chi connectivity index (χ0v) is 14.5. The Balaban J connectivity index is 2.67. The van der Waals surface area contributed by atoms with Crippen molar-refractivity contribution in [2.75, 3.05) is 6.54 Å². The Morgan fingerprint density at radius 1 is 1.29 bits per heavy atom. The predicted molar refractivity (Wildman–Crippen MR) is 90.6 cm³/mol. The lowest BCUT2D eigenvalue weighted by Crippen LogP contribution is -2.26. The number of halogens is 1. The van der Waals surface area contributed by atoms with Crippen LogP contribution in [0.15, 0.2) is 12.3 Å². The topological polar surface area (TPSA) is 79.3 Å². The van der Waals surface area contributed by atoms with Gasteiger partial charge in [0.15, 0.2) is 0 Å². The fourth-order valence-corrected chi connectivity index (χ4v) is 2.61. The fourth-order valence-electron chi connectivity index (χ4n) is 2.61. The number of amides is 1. The minimum atomic E-state index is -0.996. The number of aromatic nitrogens is 1. The number of unbranched alkanes of at least 4 members (excludes halogenated alkanes) is 3. The van der Waals surface area contributed by atoms with Gasteiger partial charge in [-0.05, 0) is 18.9 Å². The predicted octanol–water partition coefficient (Wildman–Crippen LogP) is 3.89. The second-order valence-corrected chi connectivity index (χ2v) is 5.95. The number of rotatable bonds is 11. The number of carbonyl (C=O) groups is 2. The van der Waals surface area contributed by atoms with E-state index in [0.717, 1.165) is 32.1 Å². The summed E-state index contributed by atoms with van der Waals surface area (Å²) in [7, 11) is 0. The van der Waals surface area contributed by atoms with Gasteiger partial charge in [0.25, 0.3) is 5.91 Å². The maximum Gasteiger partial charge on any atom is 0.305 e. The minimum absolute atomic E-state index is 0.00650. The van der Waals surface area contributed by atoms with Crippen LogP contribution in [-0.4, -0.2) is 28.5 Å². The minimum Gasteiger partial charge on any atom is -0.481 e. The number of aliphatic carboxylic acids is 1. The first-order valence-corrected chi connectivity index (χ1v) is 8.65. The van der Waals surface area contributed by atoms with Gasteiger partial charge < -0.3 is 10.4 Å². The second kappa shape index (κ2) is 10.7. The summed E-state index contributed by atoms with van der Waals surface area (Å²) in [5.41, 5.74) is 0.526. The highest BCUT2D eigenvalue weighted by molar-refractivity contribution is 5.94. The maximum atomic E-state index is 14.3. The van der Waals surface area contributed by atoms with Gasteiger partial charge >= 0.3 is 5.97 Å². The Morgan fingerprint density at radius 2 is 2.04 bits per heavy atom. The van der Waals surface area contributed by atoms with Crippen LogP contribution in [0.3, 0.4) is 0 Å². The molecule has 0 radical (unpaired) electrons. The monoisotopic (exact) mass is 338 g/mol.